The summed E-state index contributed by atoms with van der Waals surface area (Å²) in [7, 11) is 0. The zero-order valence-electron chi connectivity index (χ0n) is 12.0. The number of hydrogen-bond acceptors (Lipinski definition) is 3. The molecule has 0 aliphatic carbocycles. The Morgan fingerprint density at radius 3 is 2.61 bits per heavy atom. The molecule has 0 radical (unpaired) electrons. The molecular weight excluding hydrogens is 226 g/mol. The minimum atomic E-state index is 0.0999. The normalized spacial score (nSPS) is 36.9. The van der Waals surface area contributed by atoms with Crippen LogP contribution in [0.2, 0.25) is 0 Å². The molecule has 0 bridgehead atoms. The molecule has 2 fully saturated rings. The van der Waals surface area contributed by atoms with Crippen molar-refractivity contribution in [3.63, 3.8) is 0 Å². The van der Waals surface area contributed by atoms with Crippen LogP contribution < -0.4 is 10.6 Å². The molecule has 0 spiro atoms. The maximum Gasteiger partial charge on any atom is 0.236 e. The Bertz CT molecular complexity index is 289. The molecule has 3 unspecified atom stereocenters. The summed E-state index contributed by atoms with van der Waals surface area (Å²) in [6.07, 6.45) is 2.35. The lowest BCUT2D eigenvalue weighted by Gasteiger charge is -2.36. The van der Waals surface area contributed by atoms with Crippen molar-refractivity contribution in [2.45, 2.75) is 39.2 Å². The van der Waals surface area contributed by atoms with Gasteiger partial charge in [-0.1, -0.05) is 13.8 Å². The van der Waals surface area contributed by atoms with Gasteiger partial charge in [-0.3, -0.25) is 4.79 Å². The van der Waals surface area contributed by atoms with Gasteiger partial charge < -0.3 is 15.5 Å². The molecule has 2 heterocycles. The first-order chi connectivity index (χ1) is 8.48. The van der Waals surface area contributed by atoms with Gasteiger partial charge in [0.15, 0.2) is 0 Å². The zero-order valence-corrected chi connectivity index (χ0v) is 12.0. The number of piperidine rings is 1. The molecule has 0 saturated carbocycles. The molecule has 4 heteroatoms. The average Bonchev–Trinajstić information content (AvgIpc) is 2.72. The van der Waals surface area contributed by atoms with Crippen LogP contribution in [0, 0.1) is 11.8 Å². The third-order valence-corrected chi connectivity index (χ3v) is 4.26. The Morgan fingerprint density at radius 2 is 2.06 bits per heavy atom. The van der Waals surface area contributed by atoms with Crippen molar-refractivity contribution < 1.29 is 4.79 Å². The highest BCUT2D eigenvalue weighted by atomic mass is 16.2. The van der Waals surface area contributed by atoms with Crippen molar-refractivity contribution in [3.8, 4) is 0 Å². The number of carbonyl (C=O) groups excluding carboxylic acids is 1. The standard InChI is InChI=1S/C14H27N3O/c1-11-6-12(2)9-17(8-11)13(18)7-16-14(3)4-5-15-10-14/h11-12,15-16H,4-10H2,1-3H3. The van der Waals surface area contributed by atoms with Gasteiger partial charge in [0.2, 0.25) is 5.91 Å². The van der Waals surface area contributed by atoms with Crippen LogP contribution in [-0.2, 0) is 4.79 Å². The summed E-state index contributed by atoms with van der Waals surface area (Å²) in [6, 6.07) is 0. The first kappa shape index (κ1) is 13.8. The number of hydrogen-bond donors (Lipinski definition) is 2. The van der Waals surface area contributed by atoms with Gasteiger partial charge in [0.25, 0.3) is 0 Å². The molecule has 2 saturated heterocycles. The van der Waals surface area contributed by atoms with Gasteiger partial charge >= 0.3 is 0 Å². The second kappa shape index (κ2) is 5.57. The second-order valence-electron chi connectivity index (χ2n) is 6.59. The fraction of sp³-hybridized carbons (Fsp3) is 0.929. The Hall–Kier alpha value is -0.610. The van der Waals surface area contributed by atoms with Gasteiger partial charge in [0, 0.05) is 25.2 Å². The van der Waals surface area contributed by atoms with Crippen LogP contribution in [0.5, 0.6) is 0 Å². The lowest BCUT2D eigenvalue weighted by Crippen LogP contribution is -2.51. The summed E-state index contributed by atoms with van der Waals surface area (Å²) >= 11 is 0. The predicted molar refractivity (Wildman–Crippen MR) is 73.4 cm³/mol. The molecule has 2 rings (SSSR count). The second-order valence-corrected chi connectivity index (χ2v) is 6.59. The lowest BCUT2D eigenvalue weighted by atomic mass is 9.92. The number of amides is 1. The van der Waals surface area contributed by atoms with Crippen LogP contribution in [0.3, 0.4) is 0 Å². The number of carbonyl (C=O) groups is 1. The minimum absolute atomic E-state index is 0.0999. The average molecular weight is 253 g/mol. The van der Waals surface area contributed by atoms with Crippen molar-refractivity contribution in [2.24, 2.45) is 11.8 Å². The van der Waals surface area contributed by atoms with Crippen LogP contribution in [0.25, 0.3) is 0 Å². The Balaban J connectivity index is 1.80. The fourth-order valence-corrected chi connectivity index (χ4v) is 3.24. The highest BCUT2D eigenvalue weighted by Gasteiger charge is 2.30. The van der Waals surface area contributed by atoms with E-state index in [1.54, 1.807) is 0 Å². The molecule has 104 valence electrons. The number of nitrogens with one attached hydrogen (secondary N) is 2. The van der Waals surface area contributed by atoms with E-state index in [-0.39, 0.29) is 11.4 Å². The summed E-state index contributed by atoms with van der Waals surface area (Å²) in [5.41, 5.74) is 0.0999. The first-order valence-corrected chi connectivity index (χ1v) is 7.22. The Kier molecular flexibility index (Phi) is 4.28. The maximum absolute atomic E-state index is 12.2. The fourth-order valence-electron chi connectivity index (χ4n) is 3.24. The highest BCUT2D eigenvalue weighted by molar-refractivity contribution is 5.78. The number of nitrogens with zero attached hydrogens (tertiary/aromatic N) is 1. The first-order valence-electron chi connectivity index (χ1n) is 7.22. The van der Waals surface area contributed by atoms with Gasteiger partial charge in [-0.15, -0.1) is 0 Å². The van der Waals surface area contributed by atoms with E-state index in [0.717, 1.165) is 32.6 Å². The minimum Gasteiger partial charge on any atom is -0.341 e. The third-order valence-electron chi connectivity index (χ3n) is 4.26. The van der Waals surface area contributed by atoms with Crippen LogP contribution in [0.1, 0.15) is 33.6 Å². The highest BCUT2D eigenvalue weighted by Crippen LogP contribution is 2.21. The Morgan fingerprint density at radius 1 is 1.39 bits per heavy atom. The molecule has 2 N–H and O–H groups in total. The molecule has 0 aromatic heterocycles. The number of rotatable bonds is 3. The van der Waals surface area contributed by atoms with Crippen LogP contribution in [-0.4, -0.2) is 49.1 Å². The summed E-state index contributed by atoms with van der Waals surface area (Å²) < 4.78 is 0. The zero-order chi connectivity index (χ0) is 13.2. The molecule has 18 heavy (non-hydrogen) atoms. The molecule has 1 amide bonds. The topological polar surface area (TPSA) is 44.4 Å². The van der Waals surface area contributed by atoms with E-state index in [0.29, 0.717) is 18.4 Å². The van der Waals surface area contributed by atoms with Crippen molar-refractivity contribution >= 4 is 5.91 Å². The van der Waals surface area contributed by atoms with E-state index in [1.807, 2.05) is 4.90 Å². The van der Waals surface area contributed by atoms with E-state index in [9.17, 15) is 4.79 Å². The van der Waals surface area contributed by atoms with Crippen molar-refractivity contribution in [1.29, 1.82) is 0 Å². The number of likely N-dealkylation sites (tertiary alicyclic amines) is 1. The summed E-state index contributed by atoms with van der Waals surface area (Å²) in [5, 5.41) is 6.77. The molecule has 4 nitrogen and oxygen atoms in total. The van der Waals surface area contributed by atoms with E-state index in [2.05, 4.69) is 31.4 Å². The summed E-state index contributed by atoms with van der Waals surface area (Å²) in [6.45, 7) is 11.0. The SMILES string of the molecule is CC1CC(C)CN(C(=O)CNC2(C)CCNC2)C1. The van der Waals surface area contributed by atoms with Crippen LogP contribution in [0.4, 0.5) is 0 Å². The molecule has 2 aliphatic heterocycles. The quantitative estimate of drug-likeness (QED) is 0.783. The molecule has 0 aromatic carbocycles. The lowest BCUT2D eigenvalue weighted by molar-refractivity contribution is -0.133. The smallest absolute Gasteiger partial charge is 0.236 e. The summed E-state index contributed by atoms with van der Waals surface area (Å²) in [5.74, 6) is 1.55. The van der Waals surface area contributed by atoms with Crippen molar-refractivity contribution in [2.75, 3.05) is 32.7 Å². The van der Waals surface area contributed by atoms with E-state index in [1.165, 1.54) is 6.42 Å². The summed E-state index contributed by atoms with van der Waals surface area (Å²) in [4.78, 5) is 14.3. The molecule has 0 aromatic rings. The van der Waals surface area contributed by atoms with E-state index >= 15 is 0 Å². The maximum atomic E-state index is 12.2. The van der Waals surface area contributed by atoms with Crippen LogP contribution in [0.15, 0.2) is 0 Å². The largest absolute Gasteiger partial charge is 0.341 e. The van der Waals surface area contributed by atoms with Gasteiger partial charge in [-0.2, -0.15) is 0 Å². The van der Waals surface area contributed by atoms with E-state index < -0.39 is 0 Å². The van der Waals surface area contributed by atoms with Crippen LogP contribution >= 0.6 is 0 Å². The monoisotopic (exact) mass is 253 g/mol. The molecule has 2 aliphatic rings. The third kappa shape index (κ3) is 3.45. The van der Waals surface area contributed by atoms with Gasteiger partial charge in [-0.25, -0.2) is 0 Å². The predicted octanol–water partition coefficient (Wildman–Crippen LogP) is 0.833. The van der Waals surface area contributed by atoms with E-state index in [4.69, 9.17) is 0 Å². The molecular formula is C14H27N3O. The van der Waals surface area contributed by atoms with Crippen molar-refractivity contribution in [3.05, 3.63) is 0 Å². The van der Waals surface area contributed by atoms with Gasteiger partial charge in [0.05, 0.1) is 6.54 Å². The van der Waals surface area contributed by atoms with Crippen molar-refractivity contribution in [1.82, 2.24) is 15.5 Å². The van der Waals surface area contributed by atoms with Gasteiger partial charge in [0.1, 0.15) is 0 Å². The van der Waals surface area contributed by atoms with Gasteiger partial charge in [-0.05, 0) is 38.1 Å². The Labute approximate surface area is 110 Å². The molecule has 3 atom stereocenters.